The van der Waals surface area contributed by atoms with Crippen molar-refractivity contribution in [3.63, 3.8) is 0 Å². The van der Waals surface area contributed by atoms with E-state index in [0.717, 1.165) is 37.1 Å². The normalized spacial score (nSPS) is 14.5. The number of rotatable bonds is 5. The zero-order valence-electron chi connectivity index (χ0n) is 14.2. The number of likely N-dealkylation sites (tertiary alicyclic amines) is 1. The first-order valence-electron chi connectivity index (χ1n) is 8.40. The Hall–Kier alpha value is -2.34. The molecule has 1 aliphatic heterocycles. The average Bonchev–Trinajstić information content (AvgIpc) is 3.11. The Labute approximate surface area is 148 Å². The number of anilines is 1. The molecule has 0 saturated carbocycles. The number of benzene rings is 2. The Bertz CT molecular complexity index is 854. The Morgan fingerprint density at radius 2 is 1.76 bits per heavy atom. The van der Waals surface area contributed by atoms with Gasteiger partial charge in [0.1, 0.15) is 0 Å². The van der Waals surface area contributed by atoms with Gasteiger partial charge < -0.3 is 4.90 Å². The van der Waals surface area contributed by atoms with Gasteiger partial charge in [0, 0.05) is 18.8 Å². The van der Waals surface area contributed by atoms with Crippen LogP contribution in [0.1, 0.15) is 24.0 Å². The summed E-state index contributed by atoms with van der Waals surface area (Å²) < 4.78 is 27.4. The van der Waals surface area contributed by atoms with Gasteiger partial charge in [-0.3, -0.25) is 9.52 Å². The molecule has 0 bridgehead atoms. The van der Waals surface area contributed by atoms with Crippen LogP contribution in [0.4, 0.5) is 5.69 Å². The van der Waals surface area contributed by atoms with Crippen LogP contribution in [0.25, 0.3) is 0 Å². The van der Waals surface area contributed by atoms with Crippen LogP contribution >= 0.6 is 0 Å². The van der Waals surface area contributed by atoms with Crippen molar-refractivity contribution < 1.29 is 13.2 Å². The minimum atomic E-state index is -3.61. The molecule has 1 saturated heterocycles. The maximum absolute atomic E-state index is 12.4. The molecule has 0 atom stereocenters. The first-order valence-corrected chi connectivity index (χ1v) is 9.88. The fraction of sp³-hybridized carbons (Fsp3) is 0.316. The molecule has 1 N–H and O–H groups in total. The standard InChI is InChI=1S/C19H22N2O3S/c1-15-5-4-6-18(13-15)25(23,24)20-17-9-7-16(8-10-17)14-19(22)21-11-2-3-12-21/h4-10,13,20H,2-3,11-12,14H2,1H3. The molecule has 0 spiro atoms. The van der Waals surface area contributed by atoms with Crippen LogP contribution in [0.2, 0.25) is 0 Å². The van der Waals surface area contributed by atoms with Crippen LogP contribution in [-0.4, -0.2) is 32.3 Å². The number of carbonyl (C=O) groups excluding carboxylic acids is 1. The lowest BCUT2D eigenvalue weighted by Crippen LogP contribution is -2.29. The second-order valence-electron chi connectivity index (χ2n) is 6.38. The Morgan fingerprint density at radius 3 is 2.40 bits per heavy atom. The lowest BCUT2D eigenvalue weighted by atomic mass is 10.1. The number of hydrogen-bond acceptors (Lipinski definition) is 3. The number of nitrogens with zero attached hydrogens (tertiary/aromatic N) is 1. The molecule has 25 heavy (non-hydrogen) atoms. The van der Waals surface area contributed by atoms with Crippen molar-refractivity contribution in [3.8, 4) is 0 Å². The summed E-state index contributed by atoms with van der Waals surface area (Å²) in [5.41, 5.74) is 2.26. The van der Waals surface area contributed by atoms with Gasteiger partial charge in [-0.05, 0) is 55.2 Å². The van der Waals surface area contributed by atoms with Crippen LogP contribution in [0.3, 0.4) is 0 Å². The topological polar surface area (TPSA) is 66.5 Å². The average molecular weight is 358 g/mol. The Balaban J connectivity index is 1.67. The summed E-state index contributed by atoms with van der Waals surface area (Å²) in [6, 6.07) is 13.7. The third-order valence-corrected chi connectivity index (χ3v) is 5.70. The molecular weight excluding hydrogens is 336 g/mol. The van der Waals surface area contributed by atoms with Gasteiger partial charge in [0.2, 0.25) is 5.91 Å². The fourth-order valence-electron chi connectivity index (χ4n) is 2.94. The molecule has 1 amide bonds. The highest BCUT2D eigenvalue weighted by molar-refractivity contribution is 7.92. The number of amides is 1. The third-order valence-electron chi connectivity index (χ3n) is 4.32. The summed E-state index contributed by atoms with van der Waals surface area (Å²) in [4.78, 5) is 14.3. The lowest BCUT2D eigenvalue weighted by molar-refractivity contribution is -0.129. The van der Waals surface area contributed by atoms with Crippen molar-refractivity contribution in [3.05, 3.63) is 59.7 Å². The molecule has 1 aliphatic rings. The van der Waals surface area contributed by atoms with Crippen molar-refractivity contribution in [2.75, 3.05) is 17.8 Å². The van der Waals surface area contributed by atoms with Gasteiger partial charge in [-0.2, -0.15) is 0 Å². The monoisotopic (exact) mass is 358 g/mol. The molecule has 2 aromatic carbocycles. The Morgan fingerprint density at radius 1 is 1.08 bits per heavy atom. The highest BCUT2D eigenvalue weighted by Gasteiger charge is 2.18. The van der Waals surface area contributed by atoms with E-state index < -0.39 is 10.0 Å². The van der Waals surface area contributed by atoms with E-state index in [-0.39, 0.29) is 10.8 Å². The molecule has 1 heterocycles. The van der Waals surface area contributed by atoms with Crippen molar-refractivity contribution >= 4 is 21.6 Å². The molecule has 5 nitrogen and oxygen atoms in total. The van der Waals surface area contributed by atoms with Gasteiger partial charge in [-0.15, -0.1) is 0 Å². The van der Waals surface area contributed by atoms with Gasteiger partial charge in [0.15, 0.2) is 0 Å². The van der Waals surface area contributed by atoms with Crippen LogP contribution in [0, 0.1) is 6.92 Å². The predicted octanol–water partition coefficient (Wildman–Crippen LogP) is 2.96. The summed E-state index contributed by atoms with van der Waals surface area (Å²) >= 11 is 0. The SMILES string of the molecule is Cc1cccc(S(=O)(=O)Nc2ccc(CC(=O)N3CCCC3)cc2)c1. The maximum atomic E-state index is 12.4. The molecule has 0 unspecified atom stereocenters. The highest BCUT2D eigenvalue weighted by atomic mass is 32.2. The molecule has 2 aromatic rings. The van der Waals surface area contributed by atoms with Crippen LogP contribution in [0.15, 0.2) is 53.4 Å². The van der Waals surface area contributed by atoms with Crippen LogP contribution in [0.5, 0.6) is 0 Å². The lowest BCUT2D eigenvalue weighted by Gasteiger charge is -2.15. The number of carbonyl (C=O) groups is 1. The second kappa shape index (κ2) is 7.27. The van der Waals surface area contributed by atoms with Gasteiger partial charge in [0.05, 0.1) is 11.3 Å². The van der Waals surface area contributed by atoms with E-state index in [1.165, 1.54) is 0 Å². The first-order chi connectivity index (χ1) is 11.9. The van der Waals surface area contributed by atoms with E-state index in [1.807, 2.05) is 17.9 Å². The van der Waals surface area contributed by atoms with Gasteiger partial charge >= 0.3 is 0 Å². The van der Waals surface area contributed by atoms with Gasteiger partial charge in [0.25, 0.3) is 10.0 Å². The van der Waals surface area contributed by atoms with Gasteiger partial charge in [-0.25, -0.2) is 8.42 Å². The largest absolute Gasteiger partial charge is 0.342 e. The smallest absolute Gasteiger partial charge is 0.261 e. The van der Waals surface area contributed by atoms with Gasteiger partial charge in [-0.1, -0.05) is 24.3 Å². The molecule has 3 rings (SSSR count). The summed E-state index contributed by atoms with van der Waals surface area (Å²) in [5, 5.41) is 0. The molecule has 0 radical (unpaired) electrons. The number of hydrogen-bond donors (Lipinski definition) is 1. The van der Waals surface area contributed by atoms with E-state index in [4.69, 9.17) is 0 Å². The van der Waals surface area contributed by atoms with E-state index in [1.54, 1.807) is 42.5 Å². The van der Waals surface area contributed by atoms with Crippen LogP contribution in [-0.2, 0) is 21.2 Å². The summed E-state index contributed by atoms with van der Waals surface area (Å²) in [6.45, 7) is 3.53. The van der Waals surface area contributed by atoms with E-state index in [2.05, 4.69) is 4.72 Å². The minimum Gasteiger partial charge on any atom is -0.342 e. The second-order valence-corrected chi connectivity index (χ2v) is 8.07. The first kappa shape index (κ1) is 17.5. The zero-order valence-corrected chi connectivity index (χ0v) is 15.1. The predicted molar refractivity (Wildman–Crippen MR) is 97.9 cm³/mol. The van der Waals surface area contributed by atoms with Crippen molar-refractivity contribution in [2.45, 2.75) is 31.1 Å². The van der Waals surface area contributed by atoms with Crippen molar-refractivity contribution in [2.24, 2.45) is 0 Å². The van der Waals surface area contributed by atoms with E-state index in [9.17, 15) is 13.2 Å². The van der Waals surface area contributed by atoms with E-state index >= 15 is 0 Å². The number of aryl methyl sites for hydroxylation is 1. The minimum absolute atomic E-state index is 0.130. The van der Waals surface area contributed by atoms with Crippen molar-refractivity contribution in [1.29, 1.82) is 0 Å². The molecule has 1 fully saturated rings. The molecule has 132 valence electrons. The third kappa shape index (κ3) is 4.39. The zero-order chi connectivity index (χ0) is 17.9. The molecule has 0 aromatic heterocycles. The maximum Gasteiger partial charge on any atom is 0.261 e. The number of nitrogens with one attached hydrogen (secondary N) is 1. The highest BCUT2D eigenvalue weighted by Crippen LogP contribution is 2.18. The van der Waals surface area contributed by atoms with E-state index in [0.29, 0.717) is 12.1 Å². The quantitative estimate of drug-likeness (QED) is 0.894. The number of sulfonamides is 1. The molecule has 6 heteroatoms. The molecular formula is C19H22N2O3S. The summed E-state index contributed by atoms with van der Waals surface area (Å²) in [5.74, 6) is 0.130. The van der Waals surface area contributed by atoms with Crippen LogP contribution < -0.4 is 4.72 Å². The Kier molecular flexibility index (Phi) is 5.08. The summed E-state index contributed by atoms with van der Waals surface area (Å²) in [6.07, 6.45) is 2.50. The fourth-order valence-corrected chi connectivity index (χ4v) is 4.10. The van der Waals surface area contributed by atoms with Crippen molar-refractivity contribution in [1.82, 2.24) is 4.90 Å². The summed E-state index contributed by atoms with van der Waals surface area (Å²) in [7, 11) is -3.61. The molecule has 0 aliphatic carbocycles.